The highest BCUT2D eigenvalue weighted by Crippen LogP contribution is 2.22. The highest BCUT2D eigenvalue weighted by atomic mass is 32.2. The fourth-order valence-corrected chi connectivity index (χ4v) is 3.17. The summed E-state index contributed by atoms with van der Waals surface area (Å²) in [5, 5.41) is 6.82. The maximum Gasteiger partial charge on any atom is 0.239 e. The molecule has 0 unspecified atom stereocenters. The number of unbranched alkanes of at least 4 members (excludes halogenated alkanes) is 1. The van der Waals surface area contributed by atoms with Gasteiger partial charge in [-0.25, -0.2) is 13.6 Å². The predicted octanol–water partition coefficient (Wildman–Crippen LogP) is 1.74. The average molecular weight is 219 g/mol. The van der Waals surface area contributed by atoms with E-state index in [1.165, 1.54) is 11.3 Å². The van der Waals surface area contributed by atoms with Crippen molar-refractivity contribution in [1.82, 2.24) is 0 Å². The molecule has 1 rings (SSSR count). The molecule has 74 valence electrons. The van der Waals surface area contributed by atoms with Gasteiger partial charge in [0.15, 0.2) is 0 Å². The van der Waals surface area contributed by atoms with Crippen molar-refractivity contribution in [3.8, 4) is 0 Å². The normalized spacial score (nSPS) is 11.8. The van der Waals surface area contributed by atoms with E-state index in [0.717, 1.165) is 24.1 Å². The Labute approximate surface area is 82.6 Å². The van der Waals surface area contributed by atoms with Crippen molar-refractivity contribution < 1.29 is 8.42 Å². The van der Waals surface area contributed by atoms with Crippen LogP contribution in [0.3, 0.4) is 0 Å². The minimum atomic E-state index is -3.51. The smallest absolute Gasteiger partial charge is 0.225 e. The summed E-state index contributed by atoms with van der Waals surface area (Å²) in [5.74, 6) is 0. The molecule has 5 heteroatoms. The van der Waals surface area contributed by atoms with E-state index in [1.807, 2.05) is 0 Å². The quantitative estimate of drug-likeness (QED) is 0.838. The largest absolute Gasteiger partial charge is 0.239 e. The van der Waals surface area contributed by atoms with Gasteiger partial charge in [-0.15, -0.1) is 11.3 Å². The Balaban J connectivity index is 2.90. The molecular weight excluding hydrogens is 206 g/mol. The minimum absolute atomic E-state index is 0.297. The van der Waals surface area contributed by atoms with Crippen LogP contribution >= 0.6 is 11.3 Å². The molecule has 1 aromatic heterocycles. The second-order valence-electron chi connectivity index (χ2n) is 2.86. The number of hydrogen-bond donors (Lipinski definition) is 1. The molecule has 0 bridgehead atoms. The lowest BCUT2D eigenvalue weighted by atomic mass is 10.2. The predicted molar refractivity (Wildman–Crippen MR) is 54.3 cm³/mol. The van der Waals surface area contributed by atoms with Crippen molar-refractivity contribution in [2.24, 2.45) is 5.14 Å². The third-order valence-corrected chi connectivity index (χ3v) is 3.87. The molecule has 0 fully saturated rings. The van der Waals surface area contributed by atoms with Crippen molar-refractivity contribution in [2.45, 2.75) is 31.1 Å². The molecule has 0 radical (unpaired) electrons. The molecule has 0 aromatic carbocycles. The molecule has 0 amide bonds. The molecular formula is C8H13NO2S2. The van der Waals surface area contributed by atoms with Crippen LogP contribution in [0, 0.1) is 0 Å². The summed E-state index contributed by atoms with van der Waals surface area (Å²) in [5.41, 5.74) is 0. The Morgan fingerprint density at radius 2 is 2.23 bits per heavy atom. The summed E-state index contributed by atoms with van der Waals surface area (Å²) < 4.78 is 22.1. The van der Waals surface area contributed by atoms with Crippen LogP contribution in [0.4, 0.5) is 0 Å². The van der Waals surface area contributed by atoms with E-state index in [0.29, 0.717) is 4.90 Å². The standard InChI is InChI=1S/C8H13NO2S2/c1-2-3-4-7-8(5-6-12-7)13(9,10)11/h5-6H,2-4H2,1H3,(H2,9,10,11). The van der Waals surface area contributed by atoms with Gasteiger partial charge in [-0.05, 0) is 24.3 Å². The summed E-state index contributed by atoms with van der Waals surface area (Å²) in [6, 6.07) is 1.57. The molecule has 1 heterocycles. The zero-order valence-corrected chi connectivity index (χ0v) is 9.12. The van der Waals surface area contributed by atoms with Gasteiger partial charge < -0.3 is 0 Å². The summed E-state index contributed by atoms with van der Waals surface area (Å²) in [4.78, 5) is 1.18. The van der Waals surface area contributed by atoms with E-state index in [2.05, 4.69) is 6.92 Å². The SMILES string of the molecule is CCCCc1sccc1S(N)(=O)=O. The lowest BCUT2D eigenvalue weighted by Crippen LogP contribution is -2.12. The summed E-state index contributed by atoms with van der Waals surface area (Å²) in [7, 11) is -3.51. The van der Waals surface area contributed by atoms with E-state index in [1.54, 1.807) is 11.4 Å². The Kier molecular flexibility index (Phi) is 3.47. The van der Waals surface area contributed by atoms with E-state index >= 15 is 0 Å². The first-order valence-corrected chi connectivity index (χ1v) is 6.57. The fraction of sp³-hybridized carbons (Fsp3) is 0.500. The van der Waals surface area contributed by atoms with Gasteiger partial charge in [0.1, 0.15) is 0 Å². The maximum atomic E-state index is 11.1. The van der Waals surface area contributed by atoms with Gasteiger partial charge in [-0.3, -0.25) is 0 Å². The van der Waals surface area contributed by atoms with E-state index in [9.17, 15) is 8.42 Å². The summed E-state index contributed by atoms with van der Waals surface area (Å²) in [6.45, 7) is 2.07. The molecule has 0 saturated heterocycles. The first kappa shape index (κ1) is 10.7. The molecule has 1 aromatic rings. The van der Waals surface area contributed by atoms with Crippen LogP contribution in [0.2, 0.25) is 0 Å². The van der Waals surface area contributed by atoms with E-state index in [4.69, 9.17) is 5.14 Å². The van der Waals surface area contributed by atoms with Crippen molar-refractivity contribution >= 4 is 21.4 Å². The van der Waals surface area contributed by atoms with Gasteiger partial charge in [0.2, 0.25) is 10.0 Å². The number of aryl methyl sites for hydroxylation is 1. The first-order chi connectivity index (χ1) is 6.05. The molecule has 0 atom stereocenters. The number of thiophene rings is 1. The number of primary sulfonamides is 1. The Bertz CT molecular complexity index is 367. The Morgan fingerprint density at radius 3 is 2.77 bits per heavy atom. The monoisotopic (exact) mass is 219 g/mol. The molecule has 0 spiro atoms. The van der Waals surface area contributed by atoms with Gasteiger partial charge in [-0.1, -0.05) is 13.3 Å². The lowest BCUT2D eigenvalue weighted by Gasteiger charge is -1.99. The van der Waals surface area contributed by atoms with Crippen molar-refractivity contribution in [2.75, 3.05) is 0 Å². The zero-order chi connectivity index (χ0) is 9.90. The maximum absolute atomic E-state index is 11.1. The van der Waals surface area contributed by atoms with Crippen LogP contribution in [0.1, 0.15) is 24.6 Å². The first-order valence-electron chi connectivity index (χ1n) is 4.15. The second kappa shape index (κ2) is 4.21. The third kappa shape index (κ3) is 2.79. The van der Waals surface area contributed by atoms with Gasteiger partial charge in [0.05, 0.1) is 4.90 Å². The van der Waals surface area contributed by atoms with Crippen LogP contribution in [-0.4, -0.2) is 8.42 Å². The van der Waals surface area contributed by atoms with Gasteiger partial charge in [0, 0.05) is 4.88 Å². The van der Waals surface area contributed by atoms with Crippen molar-refractivity contribution in [3.63, 3.8) is 0 Å². The Hall–Kier alpha value is -0.390. The summed E-state index contributed by atoms with van der Waals surface area (Å²) in [6.07, 6.45) is 2.87. The number of rotatable bonds is 4. The second-order valence-corrected chi connectivity index (χ2v) is 5.39. The van der Waals surface area contributed by atoms with E-state index < -0.39 is 10.0 Å². The van der Waals surface area contributed by atoms with Crippen molar-refractivity contribution in [1.29, 1.82) is 0 Å². The minimum Gasteiger partial charge on any atom is -0.225 e. The topological polar surface area (TPSA) is 60.2 Å². The third-order valence-electron chi connectivity index (χ3n) is 1.77. The van der Waals surface area contributed by atoms with Crippen LogP contribution in [0.15, 0.2) is 16.3 Å². The summed E-state index contributed by atoms with van der Waals surface area (Å²) >= 11 is 1.46. The van der Waals surface area contributed by atoms with Crippen LogP contribution < -0.4 is 5.14 Å². The average Bonchev–Trinajstić information content (AvgIpc) is 2.47. The highest BCUT2D eigenvalue weighted by molar-refractivity contribution is 7.89. The molecule has 13 heavy (non-hydrogen) atoms. The number of sulfonamides is 1. The highest BCUT2D eigenvalue weighted by Gasteiger charge is 2.14. The van der Waals surface area contributed by atoms with Crippen LogP contribution in [0.25, 0.3) is 0 Å². The van der Waals surface area contributed by atoms with Gasteiger partial charge >= 0.3 is 0 Å². The molecule has 2 N–H and O–H groups in total. The number of hydrogen-bond acceptors (Lipinski definition) is 3. The van der Waals surface area contributed by atoms with Crippen LogP contribution in [0.5, 0.6) is 0 Å². The molecule has 0 aliphatic carbocycles. The molecule has 0 aliphatic heterocycles. The van der Waals surface area contributed by atoms with Gasteiger partial charge in [-0.2, -0.15) is 0 Å². The lowest BCUT2D eigenvalue weighted by molar-refractivity contribution is 0.597. The van der Waals surface area contributed by atoms with Gasteiger partial charge in [0.25, 0.3) is 0 Å². The van der Waals surface area contributed by atoms with Crippen molar-refractivity contribution in [3.05, 3.63) is 16.3 Å². The fourth-order valence-electron chi connectivity index (χ4n) is 1.10. The van der Waals surface area contributed by atoms with Crippen LogP contribution in [-0.2, 0) is 16.4 Å². The Morgan fingerprint density at radius 1 is 1.54 bits per heavy atom. The van der Waals surface area contributed by atoms with E-state index in [-0.39, 0.29) is 0 Å². The molecule has 0 aliphatic rings. The zero-order valence-electron chi connectivity index (χ0n) is 7.49. The molecule has 3 nitrogen and oxygen atoms in total. The molecule has 0 saturated carbocycles. The number of nitrogens with two attached hydrogens (primary N) is 1.